The summed E-state index contributed by atoms with van der Waals surface area (Å²) >= 11 is 0. The van der Waals surface area contributed by atoms with Gasteiger partial charge in [0.25, 0.3) is 0 Å². The number of hydrogen-bond acceptors (Lipinski definition) is 2. The molecule has 2 unspecified atom stereocenters. The number of carbonyl (C=O) groups excluding carboxylic acids is 1. The first-order valence-corrected chi connectivity index (χ1v) is 5.96. The molecule has 1 aliphatic rings. The van der Waals surface area contributed by atoms with Gasteiger partial charge in [0.1, 0.15) is 0 Å². The van der Waals surface area contributed by atoms with Crippen LogP contribution in [0.5, 0.6) is 0 Å². The highest BCUT2D eigenvalue weighted by Crippen LogP contribution is 2.29. The summed E-state index contributed by atoms with van der Waals surface area (Å²) in [6.07, 6.45) is 3.39. The van der Waals surface area contributed by atoms with Crippen molar-refractivity contribution >= 4 is 16.1 Å². The summed E-state index contributed by atoms with van der Waals surface area (Å²) < 4.78 is 5.75. The topological polar surface area (TPSA) is 38.3 Å². The van der Waals surface area contributed by atoms with Crippen LogP contribution in [0, 0.1) is 5.92 Å². The van der Waals surface area contributed by atoms with Crippen LogP contribution in [0.3, 0.4) is 0 Å². The van der Waals surface area contributed by atoms with Crippen LogP contribution < -0.4 is 5.32 Å². The van der Waals surface area contributed by atoms with Gasteiger partial charge in [0.15, 0.2) is 0 Å². The summed E-state index contributed by atoms with van der Waals surface area (Å²) in [5.74, 6) is 0.112. The zero-order chi connectivity index (χ0) is 9.90. The van der Waals surface area contributed by atoms with E-state index >= 15 is 0 Å². The minimum absolute atomic E-state index is 0.00414. The molecule has 0 radical (unpaired) electrons. The van der Waals surface area contributed by atoms with E-state index in [0.29, 0.717) is 0 Å². The summed E-state index contributed by atoms with van der Waals surface area (Å²) in [6.45, 7) is 2.79. The molecule has 0 aromatic carbocycles. The number of nitrogens with one attached hydrogen (secondary N) is 1. The molecule has 1 amide bonds. The SMILES string of the molecule is CNC(=O)C(C)C1([SiH3])CCCCO1. The Morgan fingerprint density at radius 3 is 2.77 bits per heavy atom. The summed E-state index contributed by atoms with van der Waals surface area (Å²) in [7, 11) is 2.62. The first-order valence-electron chi connectivity index (χ1n) is 4.96. The lowest BCUT2D eigenvalue weighted by molar-refractivity contribution is -0.134. The van der Waals surface area contributed by atoms with Crippen molar-refractivity contribution < 1.29 is 9.53 Å². The van der Waals surface area contributed by atoms with Crippen molar-refractivity contribution in [1.29, 1.82) is 0 Å². The lowest BCUT2D eigenvalue weighted by atomic mass is 9.95. The van der Waals surface area contributed by atoms with Crippen molar-refractivity contribution in [1.82, 2.24) is 5.32 Å². The minimum atomic E-state index is -0.113. The molecule has 1 saturated heterocycles. The van der Waals surface area contributed by atoms with Crippen molar-refractivity contribution in [3.63, 3.8) is 0 Å². The average Bonchev–Trinajstić information content (AvgIpc) is 2.16. The molecular weight excluding hydrogens is 182 g/mol. The van der Waals surface area contributed by atoms with E-state index in [1.807, 2.05) is 6.92 Å². The third-order valence-electron chi connectivity index (χ3n) is 3.05. The second-order valence-electron chi connectivity index (χ2n) is 3.95. The van der Waals surface area contributed by atoms with Gasteiger partial charge in [0, 0.05) is 23.9 Å². The van der Waals surface area contributed by atoms with Crippen LogP contribution in [-0.4, -0.2) is 35.0 Å². The molecule has 0 saturated carbocycles. The Bertz CT molecular complexity index is 190. The molecule has 1 N–H and O–H groups in total. The van der Waals surface area contributed by atoms with Crippen molar-refractivity contribution in [2.75, 3.05) is 13.7 Å². The molecule has 0 bridgehead atoms. The van der Waals surface area contributed by atoms with Crippen LogP contribution in [0.1, 0.15) is 26.2 Å². The lowest BCUT2D eigenvalue weighted by Crippen LogP contribution is -2.49. The maximum absolute atomic E-state index is 11.4. The van der Waals surface area contributed by atoms with Gasteiger partial charge >= 0.3 is 0 Å². The van der Waals surface area contributed by atoms with Crippen LogP contribution in [0.15, 0.2) is 0 Å². The zero-order valence-electron chi connectivity index (χ0n) is 8.72. The van der Waals surface area contributed by atoms with Gasteiger partial charge in [-0.25, -0.2) is 0 Å². The summed E-state index contributed by atoms with van der Waals surface area (Å²) in [5, 5.41) is 2.58. The summed E-state index contributed by atoms with van der Waals surface area (Å²) in [5.41, 5.74) is 0. The van der Waals surface area contributed by atoms with Gasteiger partial charge in [-0.1, -0.05) is 6.92 Å². The normalized spacial score (nSPS) is 31.2. The highest BCUT2D eigenvalue weighted by atomic mass is 28.1. The predicted molar refractivity (Wildman–Crippen MR) is 55.7 cm³/mol. The Morgan fingerprint density at radius 1 is 1.62 bits per heavy atom. The standard InChI is InChI=1S/C9H19NO2Si/c1-7(8(11)10-2)9(13)5-3-4-6-12-9/h7H,3-6H2,1-2,13H3,(H,10,11). The van der Waals surface area contributed by atoms with Crippen molar-refractivity contribution in [2.24, 2.45) is 5.92 Å². The number of rotatable bonds is 2. The van der Waals surface area contributed by atoms with Gasteiger partial charge < -0.3 is 10.1 Å². The fourth-order valence-corrected chi connectivity index (χ4v) is 2.61. The van der Waals surface area contributed by atoms with E-state index in [9.17, 15) is 4.79 Å². The van der Waals surface area contributed by atoms with Gasteiger partial charge in [-0.05, 0) is 19.3 Å². The second kappa shape index (κ2) is 4.24. The quantitative estimate of drug-likeness (QED) is 0.619. The van der Waals surface area contributed by atoms with Gasteiger partial charge in [-0.3, -0.25) is 4.79 Å². The first-order chi connectivity index (χ1) is 6.10. The van der Waals surface area contributed by atoms with E-state index < -0.39 is 0 Å². The predicted octanol–water partition coefficient (Wildman–Crippen LogP) is -0.369. The van der Waals surface area contributed by atoms with E-state index in [4.69, 9.17) is 4.74 Å². The number of amides is 1. The molecule has 13 heavy (non-hydrogen) atoms. The van der Waals surface area contributed by atoms with E-state index in [2.05, 4.69) is 5.32 Å². The van der Waals surface area contributed by atoms with Crippen molar-refractivity contribution in [3.05, 3.63) is 0 Å². The molecule has 1 rings (SSSR count). The maximum Gasteiger partial charge on any atom is 0.225 e. The maximum atomic E-state index is 11.4. The van der Waals surface area contributed by atoms with Gasteiger partial charge in [0.2, 0.25) is 5.91 Å². The summed E-state index contributed by atoms with van der Waals surface area (Å²) in [6, 6.07) is 0. The molecule has 76 valence electrons. The molecule has 0 spiro atoms. The molecule has 0 aromatic heterocycles. The number of hydrogen-bond donors (Lipinski definition) is 1. The molecule has 0 aromatic rings. The Balaban J connectivity index is 2.61. The van der Waals surface area contributed by atoms with Crippen LogP contribution in [0.4, 0.5) is 0 Å². The number of carbonyl (C=O) groups is 1. The zero-order valence-corrected chi connectivity index (χ0v) is 10.7. The van der Waals surface area contributed by atoms with Crippen LogP contribution in [-0.2, 0) is 9.53 Å². The monoisotopic (exact) mass is 201 g/mol. The van der Waals surface area contributed by atoms with Gasteiger partial charge in [-0.15, -0.1) is 0 Å². The largest absolute Gasteiger partial charge is 0.379 e. The number of ether oxygens (including phenoxy) is 1. The highest BCUT2D eigenvalue weighted by Gasteiger charge is 2.37. The Kier molecular flexibility index (Phi) is 3.50. The van der Waals surface area contributed by atoms with Crippen molar-refractivity contribution in [2.45, 2.75) is 31.4 Å². The third kappa shape index (κ3) is 2.31. The molecule has 3 nitrogen and oxygen atoms in total. The fourth-order valence-electron chi connectivity index (χ4n) is 1.79. The molecule has 4 heteroatoms. The highest BCUT2D eigenvalue weighted by molar-refractivity contribution is 6.16. The first kappa shape index (κ1) is 10.7. The fraction of sp³-hybridized carbons (Fsp3) is 0.889. The van der Waals surface area contributed by atoms with E-state index in [0.717, 1.165) is 29.7 Å². The van der Waals surface area contributed by atoms with Crippen LogP contribution in [0.2, 0.25) is 0 Å². The lowest BCUT2D eigenvalue weighted by Gasteiger charge is -2.38. The van der Waals surface area contributed by atoms with Crippen LogP contribution in [0.25, 0.3) is 0 Å². The van der Waals surface area contributed by atoms with Gasteiger partial charge in [0.05, 0.1) is 11.1 Å². The van der Waals surface area contributed by atoms with Crippen molar-refractivity contribution in [3.8, 4) is 0 Å². The van der Waals surface area contributed by atoms with Crippen LogP contribution >= 0.6 is 0 Å². The average molecular weight is 201 g/mol. The van der Waals surface area contributed by atoms with E-state index in [1.54, 1.807) is 7.05 Å². The Labute approximate surface area is 82.6 Å². The Morgan fingerprint density at radius 2 is 2.31 bits per heavy atom. The Hall–Kier alpha value is -0.353. The summed E-state index contributed by atoms with van der Waals surface area (Å²) in [4.78, 5) is 11.4. The smallest absolute Gasteiger partial charge is 0.225 e. The molecule has 2 atom stereocenters. The molecular formula is C9H19NO2Si. The van der Waals surface area contributed by atoms with E-state index in [-0.39, 0.29) is 17.0 Å². The van der Waals surface area contributed by atoms with Gasteiger partial charge in [-0.2, -0.15) is 0 Å². The third-order valence-corrected chi connectivity index (χ3v) is 4.71. The molecule has 0 aliphatic carbocycles. The molecule has 1 aliphatic heterocycles. The van der Waals surface area contributed by atoms with E-state index in [1.165, 1.54) is 6.42 Å². The minimum Gasteiger partial charge on any atom is -0.379 e. The second-order valence-corrected chi connectivity index (χ2v) is 5.65. The molecule has 1 fully saturated rings. The molecule has 1 heterocycles.